The molecule has 0 amide bonds. The predicted molar refractivity (Wildman–Crippen MR) is 300 cm³/mol. The number of hydrogen-bond acceptors (Lipinski definition) is 8. The lowest BCUT2D eigenvalue weighted by Crippen LogP contribution is -2.37. The van der Waals surface area contributed by atoms with Crippen molar-refractivity contribution in [3.05, 3.63) is 72.9 Å². The average Bonchev–Trinajstić information content (AvgIpc) is 3.33. The zero-order valence-electron chi connectivity index (χ0n) is 46.7. The number of carbonyl (C=O) groups is 2. The molecule has 0 saturated carbocycles. The molecule has 2 unspecified atom stereocenters. The molecule has 0 N–H and O–H groups in total. The number of ether oxygens (including phenoxy) is 2. The first-order chi connectivity index (χ1) is 34.5. The van der Waals surface area contributed by atoms with E-state index in [1.165, 1.54) is 135 Å². The molecule has 0 aromatic heterocycles. The number of phosphoric ester groups is 1. The van der Waals surface area contributed by atoms with Crippen LogP contribution in [0.15, 0.2) is 72.9 Å². The quantitative estimate of drug-likeness (QED) is 0.0195. The lowest BCUT2D eigenvalue weighted by molar-refractivity contribution is -0.870. The Balaban J connectivity index is 4.16. The number of allylic oxidation sites excluding steroid dienone is 12. The van der Waals surface area contributed by atoms with Gasteiger partial charge in [0, 0.05) is 12.8 Å². The molecule has 0 fully saturated rings. The van der Waals surface area contributed by atoms with Gasteiger partial charge >= 0.3 is 11.9 Å². The smallest absolute Gasteiger partial charge is 0.306 e. The molecule has 0 heterocycles. The molecule has 0 spiro atoms. The fraction of sp³-hybridized carbons (Fsp3) is 0.770. The summed E-state index contributed by atoms with van der Waals surface area (Å²) in [5.74, 6) is -0.832. The first-order valence-electron chi connectivity index (χ1n) is 29.1. The first kappa shape index (κ1) is 68.5. The van der Waals surface area contributed by atoms with Crippen LogP contribution in [0.25, 0.3) is 0 Å². The van der Waals surface area contributed by atoms with Gasteiger partial charge in [-0.15, -0.1) is 0 Å². The van der Waals surface area contributed by atoms with Gasteiger partial charge in [0.25, 0.3) is 7.82 Å². The van der Waals surface area contributed by atoms with Crippen LogP contribution < -0.4 is 4.89 Å². The Labute approximate surface area is 438 Å². The number of esters is 2. The van der Waals surface area contributed by atoms with Crippen LogP contribution in [-0.4, -0.2) is 70.0 Å². The molecule has 0 radical (unpaired) electrons. The molecule has 0 aliphatic heterocycles. The average molecular weight is 1020 g/mol. The van der Waals surface area contributed by atoms with Crippen molar-refractivity contribution in [3.8, 4) is 0 Å². The Morgan fingerprint density at radius 1 is 0.451 bits per heavy atom. The number of carbonyl (C=O) groups excluding carboxylic acids is 2. The fourth-order valence-corrected chi connectivity index (χ4v) is 8.74. The van der Waals surface area contributed by atoms with Crippen molar-refractivity contribution in [2.75, 3.05) is 47.5 Å². The molecule has 0 aliphatic carbocycles. The van der Waals surface area contributed by atoms with Crippen LogP contribution in [-0.2, 0) is 32.7 Å². The standard InChI is InChI=1S/C61H110NO8P/c1-6-8-10-12-14-16-18-20-22-24-26-27-28-29-30-31-32-33-34-35-36-38-40-42-44-46-48-50-52-54-61(64)70-59(58-69-71(65,66)68-56-55-62(3,4)5)57-67-60(63)53-51-49-47-45-43-41-39-37-25-23-21-19-17-15-13-11-9-7-2/h8,10,14,16,20,22,26-27,29-30,32-33,59H,6-7,9,11-13,15,17-19,21,23-25,28,31,34-58H2,1-5H3/b10-8-,16-14-,22-20-,27-26-,30-29-,33-32-. The molecular formula is C61H110NO8P. The molecule has 71 heavy (non-hydrogen) atoms. The minimum absolute atomic E-state index is 0.0329. The molecule has 0 saturated heterocycles. The van der Waals surface area contributed by atoms with E-state index in [2.05, 4.69) is 86.8 Å². The van der Waals surface area contributed by atoms with Crippen molar-refractivity contribution in [2.24, 2.45) is 0 Å². The SMILES string of the molecule is CC/C=C\C/C=C\C/C=C\C/C=C\C/C=C\C/C=C\CCCCCCCCCCCCC(=O)OC(COC(=O)CCCCCCCCCCCCCCCCCCCC)COP(=O)([O-])OCC[N+](C)(C)C. The maximum atomic E-state index is 12.8. The Morgan fingerprint density at radius 3 is 1.20 bits per heavy atom. The zero-order valence-corrected chi connectivity index (χ0v) is 47.6. The predicted octanol–water partition coefficient (Wildman–Crippen LogP) is 17.5. The maximum absolute atomic E-state index is 12.8. The summed E-state index contributed by atoms with van der Waals surface area (Å²) < 4.78 is 34.2. The lowest BCUT2D eigenvalue weighted by Gasteiger charge is -2.28. The first-order valence-corrected chi connectivity index (χ1v) is 30.6. The van der Waals surface area contributed by atoms with Crippen LogP contribution in [0.5, 0.6) is 0 Å². The summed E-state index contributed by atoms with van der Waals surface area (Å²) in [6.07, 6.45) is 68.0. The summed E-state index contributed by atoms with van der Waals surface area (Å²) in [7, 11) is 1.16. The summed E-state index contributed by atoms with van der Waals surface area (Å²) in [6, 6.07) is 0. The van der Waals surface area contributed by atoms with Gasteiger partial charge in [0.2, 0.25) is 0 Å². The number of quaternary nitrogens is 1. The topological polar surface area (TPSA) is 111 Å². The van der Waals surface area contributed by atoms with Gasteiger partial charge in [0.05, 0.1) is 27.7 Å². The molecule has 0 aromatic rings. The molecular weight excluding hydrogens is 906 g/mol. The summed E-state index contributed by atoms with van der Waals surface area (Å²) in [4.78, 5) is 37.9. The van der Waals surface area contributed by atoms with E-state index in [4.69, 9.17) is 18.5 Å². The van der Waals surface area contributed by atoms with E-state index in [9.17, 15) is 19.0 Å². The molecule has 0 bridgehead atoms. The minimum atomic E-state index is -4.64. The molecule has 0 aliphatic rings. The second-order valence-electron chi connectivity index (χ2n) is 20.6. The van der Waals surface area contributed by atoms with Crippen molar-refractivity contribution in [3.63, 3.8) is 0 Å². The van der Waals surface area contributed by atoms with Crippen LogP contribution in [0.3, 0.4) is 0 Å². The third-order valence-electron chi connectivity index (χ3n) is 12.5. The van der Waals surface area contributed by atoms with Crippen molar-refractivity contribution in [1.82, 2.24) is 0 Å². The van der Waals surface area contributed by atoms with E-state index in [0.717, 1.165) is 83.5 Å². The highest BCUT2D eigenvalue weighted by atomic mass is 31.2. The second-order valence-corrected chi connectivity index (χ2v) is 22.0. The van der Waals surface area contributed by atoms with Crippen LogP contribution in [0, 0.1) is 0 Å². The van der Waals surface area contributed by atoms with Crippen LogP contribution in [0.2, 0.25) is 0 Å². The highest BCUT2D eigenvalue weighted by Gasteiger charge is 2.22. The monoisotopic (exact) mass is 1020 g/mol. The molecule has 10 heteroatoms. The van der Waals surface area contributed by atoms with Gasteiger partial charge in [-0.25, -0.2) is 0 Å². The van der Waals surface area contributed by atoms with Crippen LogP contribution in [0.4, 0.5) is 0 Å². The van der Waals surface area contributed by atoms with Gasteiger partial charge in [-0.3, -0.25) is 14.2 Å². The van der Waals surface area contributed by atoms with Crippen molar-refractivity contribution in [1.29, 1.82) is 0 Å². The normalized spacial score (nSPS) is 13.8. The summed E-state index contributed by atoms with van der Waals surface area (Å²) in [5.41, 5.74) is 0. The maximum Gasteiger partial charge on any atom is 0.306 e. The van der Waals surface area contributed by atoms with Crippen LogP contribution >= 0.6 is 7.82 Å². The Bertz CT molecular complexity index is 1430. The van der Waals surface area contributed by atoms with Crippen molar-refractivity contribution in [2.45, 2.75) is 258 Å². The van der Waals surface area contributed by atoms with E-state index in [1.807, 2.05) is 21.1 Å². The van der Waals surface area contributed by atoms with E-state index in [-0.39, 0.29) is 32.0 Å². The number of nitrogens with zero attached hydrogens (tertiary/aromatic N) is 1. The van der Waals surface area contributed by atoms with E-state index >= 15 is 0 Å². The summed E-state index contributed by atoms with van der Waals surface area (Å²) >= 11 is 0. The number of phosphoric acid groups is 1. The van der Waals surface area contributed by atoms with Gasteiger partial charge in [-0.1, -0.05) is 247 Å². The highest BCUT2D eigenvalue weighted by Crippen LogP contribution is 2.38. The molecule has 2 atom stereocenters. The summed E-state index contributed by atoms with van der Waals surface area (Å²) in [5, 5.41) is 0. The Kier molecular flexibility index (Phi) is 50.4. The largest absolute Gasteiger partial charge is 0.756 e. The van der Waals surface area contributed by atoms with Crippen LogP contribution in [0.1, 0.15) is 251 Å². The zero-order chi connectivity index (χ0) is 52.0. The van der Waals surface area contributed by atoms with Gasteiger partial charge in [0.1, 0.15) is 19.8 Å². The van der Waals surface area contributed by atoms with Gasteiger partial charge in [0.15, 0.2) is 6.10 Å². The third kappa shape index (κ3) is 56.6. The van der Waals surface area contributed by atoms with E-state index in [1.54, 1.807) is 0 Å². The Hall–Kier alpha value is -2.55. The van der Waals surface area contributed by atoms with E-state index in [0.29, 0.717) is 17.4 Å². The number of likely N-dealkylation sites (N-methyl/N-ethyl adjacent to an activating group) is 1. The molecule has 412 valence electrons. The van der Waals surface area contributed by atoms with Gasteiger partial charge < -0.3 is 27.9 Å². The molecule has 0 aromatic carbocycles. The number of hydrogen-bond donors (Lipinski definition) is 0. The minimum Gasteiger partial charge on any atom is -0.756 e. The third-order valence-corrected chi connectivity index (χ3v) is 13.5. The molecule has 0 rings (SSSR count). The summed E-state index contributed by atoms with van der Waals surface area (Å²) in [6.45, 7) is 4.14. The Morgan fingerprint density at radius 2 is 0.803 bits per heavy atom. The molecule has 9 nitrogen and oxygen atoms in total. The fourth-order valence-electron chi connectivity index (χ4n) is 8.01. The van der Waals surface area contributed by atoms with Gasteiger partial charge in [-0.05, 0) is 64.2 Å². The second kappa shape index (κ2) is 52.3. The lowest BCUT2D eigenvalue weighted by atomic mass is 10.0. The number of unbranched alkanes of at least 4 members (excludes halogenated alkanes) is 27. The number of rotatable bonds is 53. The van der Waals surface area contributed by atoms with Crippen molar-refractivity contribution < 1.29 is 42.1 Å². The highest BCUT2D eigenvalue weighted by molar-refractivity contribution is 7.45. The van der Waals surface area contributed by atoms with E-state index < -0.39 is 26.5 Å². The van der Waals surface area contributed by atoms with Gasteiger partial charge in [-0.2, -0.15) is 0 Å². The van der Waals surface area contributed by atoms with Crippen molar-refractivity contribution >= 4 is 19.8 Å².